The van der Waals surface area contributed by atoms with E-state index in [0.29, 0.717) is 5.69 Å². The molecule has 0 saturated heterocycles. The zero-order chi connectivity index (χ0) is 16.2. The minimum Gasteiger partial charge on any atom is -0.409 e. The van der Waals surface area contributed by atoms with Crippen LogP contribution in [0.3, 0.4) is 0 Å². The van der Waals surface area contributed by atoms with Crippen LogP contribution in [-0.4, -0.2) is 31.6 Å². The molecule has 0 bridgehead atoms. The highest BCUT2D eigenvalue weighted by Crippen LogP contribution is 2.17. The van der Waals surface area contributed by atoms with Gasteiger partial charge in [0.2, 0.25) is 5.91 Å². The normalized spacial score (nSPS) is 14.0. The maximum atomic E-state index is 12.1. The van der Waals surface area contributed by atoms with E-state index in [1.807, 2.05) is 0 Å². The number of sulfone groups is 1. The van der Waals surface area contributed by atoms with Crippen molar-refractivity contribution in [2.45, 2.75) is 18.7 Å². The first-order valence-electron chi connectivity index (χ1n) is 6.25. The molecule has 1 atom stereocenters. The highest BCUT2D eigenvalue weighted by Gasteiger charge is 2.26. The van der Waals surface area contributed by atoms with Gasteiger partial charge < -0.3 is 16.3 Å². The number of nitrogens with one attached hydrogen (secondary N) is 1. The molecule has 0 radical (unpaired) electrons. The van der Waals surface area contributed by atoms with Gasteiger partial charge in [0.15, 0.2) is 15.7 Å². The summed E-state index contributed by atoms with van der Waals surface area (Å²) in [5.41, 5.74) is 5.95. The molecular formula is C13H19N3O4S. The number of carbonyl (C=O) groups excluding carboxylic acids is 1. The van der Waals surface area contributed by atoms with Crippen LogP contribution in [0.4, 0.5) is 5.69 Å². The molecule has 0 heterocycles. The molecule has 1 aromatic rings. The second kappa shape index (κ2) is 6.57. The minimum atomic E-state index is -3.28. The Balaban J connectivity index is 2.92. The lowest BCUT2D eigenvalue weighted by Crippen LogP contribution is -2.38. The number of amides is 1. The summed E-state index contributed by atoms with van der Waals surface area (Å²) in [5, 5.41) is 14.2. The Morgan fingerprint density at radius 3 is 2.19 bits per heavy atom. The summed E-state index contributed by atoms with van der Waals surface area (Å²) in [4.78, 5) is 12.3. The standard InChI is InChI=1S/C13H19N3O4S/c1-8(2)11(12(14)16-18)13(17)15-9-4-6-10(7-5-9)21(3,19)20/h4-8,11,18H,1-3H3,(H2,14,16)(H,15,17). The van der Waals surface area contributed by atoms with E-state index >= 15 is 0 Å². The summed E-state index contributed by atoms with van der Waals surface area (Å²) in [6.07, 6.45) is 1.10. The van der Waals surface area contributed by atoms with Gasteiger partial charge >= 0.3 is 0 Å². The summed E-state index contributed by atoms with van der Waals surface area (Å²) in [7, 11) is -3.28. The molecule has 0 aliphatic carbocycles. The van der Waals surface area contributed by atoms with Gasteiger partial charge in [0.05, 0.1) is 4.90 Å². The fourth-order valence-electron chi connectivity index (χ4n) is 1.85. The van der Waals surface area contributed by atoms with Gasteiger partial charge in [-0.25, -0.2) is 8.42 Å². The first-order valence-corrected chi connectivity index (χ1v) is 8.14. The minimum absolute atomic E-state index is 0.156. The second-order valence-electron chi connectivity index (χ2n) is 5.03. The van der Waals surface area contributed by atoms with Crippen LogP contribution in [-0.2, 0) is 14.6 Å². The van der Waals surface area contributed by atoms with E-state index in [1.165, 1.54) is 24.3 Å². The van der Waals surface area contributed by atoms with E-state index in [9.17, 15) is 13.2 Å². The molecule has 0 saturated carbocycles. The monoisotopic (exact) mass is 313 g/mol. The maximum Gasteiger partial charge on any atom is 0.235 e. The average Bonchev–Trinajstić information content (AvgIpc) is 2.37. The van der Waals surface area contributed by atoms with Gasteiger partial charge in [0.1, 0.15) is 5.92 Å². The molecule has 1 rings (SSSR count). The molecule has 1 amide bonds. The third-order valence-corrected chi connectivity index (χ3v) is 4.06. The van der Waals surface area contributed by atoms with Crippen molar-refractivity contribution in [1.82, 2.24) is 0 Å². The largest absolute Gasteiger partial charge is 0.409 e. The lowest BCUT2D eigenvalue weighted by atomic mass is 9.94. The highest BCUT2D eigenvalue weighted by atomic mass is 32.2. The summed E-state index contributed by atoms with van der Waals surface area (Å²) in [5.74, 6) is -1.52. The van der Waals surface area contributed by atoms with Gasteiger partial charge in [-0.2, -0.15) is 0 Å². The lowest BCUT2D eigenvalue weighted by Gasteiger charge is -2.18. The average molecular weight is 313 g/mol. The number of benzene rings is 1. The molecule has 1 unspecified atom stereocenters. The lowest BCUT2D eigenvalue weighted by molar-refractivity contribution is -0.119. The molecule has 7 nitrogen and oxygen atoms in total. The number of anilines is 1. The SMILES string of the molecule is CC(C)C(C(=O)Nc1ccc(S(C)(=O)=O)cc1)C(N)=NO. The first kappa shape index (κ1) is 17.0. The van der Waals surface area contributed by atoms with Crippen molar-refractivity contribution < 1.29 is 18.4 Å². The fraction of sp³-hybridized carbons (Fsp3) is 0.385. The molecule has 1 aromatic carbocycles. The molecule has 0 aliphatic rings. The zero-order valence-corrected chi connectivity index (χ0v) is 12.9. The molecule has 116 valence electrons. The van der Waals surface area contributed by atoms with Crippen LogP contribution in [0, 0.1) is 11.8 Å². The van der Waals surface area contributed by atoms with Crippen molar-refractivity contribution in [3.63, 3.8) is 0 Å². The number of nitrogens with zero attached hydrogens (tertiary/aromatic N) is 1. The number of rotatable bonds is 5. The number of hydrogen-bond acceptors (Lipinski definition) is 5. The van der Waals surface area contributed by atoms with Gasteiger partial charge in [0.25, 0.3) is 0 Å². The van der Waals surface area contributed by atoms with Crippen molar-refractivity contribution in [1.29, 1.82) is 0 Å². The van der Waals surface area contributed by atoms with E-state index in [4.69, 9.17) is 10.9 Å². The van der Waals surface area contributed by atoms with Crippen molar-refractivity contribution in [3.05, 3.63) is 24.3 Å². The topological polar surface area (TPSA) is 122 Å². The Morgan fingerprint density at radius 2 is 1.81 bits per heavy atom. The van der Waals surface area contributed by atoms with Gasteiger partial charge in [-0.15, -0.1) is 0 Å². The quantitative estimate of drug-likeness (QED) is 0.324. The van der Waals surface area contributed by atoms with Gasteiger partial charge in [-0.05, 0) is 30.2 Å². The zero-order valence-electron chi connectivity index (χ0n) is 12.1. The van der Waals surface area contributed by atoms with Crippen LogP contribution in [0.25, 0.3) is 0 Å². The Morgan fingerprint density at radius 1 is 1.29 bits per heavy atom. The Kier molecular flexibility index (Phi) is 5.31. The van der Waals surface area contributed by atoms with Gasteiger partial charge in [-0.3, -0.25) is 4.79 Å². The van der Waals surface area contributed by atoms with Crippen molar-refractivity contribution >= 4 is 27.3 Å². The van der Waals surface area contributed by atoms with E-state index in [0.717, 1.165) is 6.26 Å². The van der Waals surface area contributed by atoms with Crippen molar-refractivity contribution in [3.8, 4) is 0 Å². The molecule has 0 fully saturated rings. The predicted molar refractivity (Wildman–Crippen MR) is 79.9 cm³/mol. The fourth-order valence-corrected chi connectivity index (χ4v) is 2.48. The van der Waals surface area contributed by atoms with Crippen LogP contribution in [0.1, 0.15) is 13.8 Å². The highest BCUT2D eigenvalue weighted by molar-refractivity contribution is 7.90. The number of amidine groups is 1. The first-order chi connectivity index (χ1) is 9.66. The van der Waals surface area contributed by atoms with Crippen LogP contribution in [0.5, 0.6) is 0 Å². The molecule has 21 heavy (non-hydrogen) atoms. The summed E-state index contributed by atoms with van der Waals surface area (Å²) >= 11 is 0. The smallest absolute Gasteiger partial charge is 0.235 e. The Bertz CT molecular complexity index is 636. The third-order valence-electron chi connectivity index (χ3n) is 2.93. The van der Waals surface area contributed by atoms with Gasteiger partial charge in [-0.1, -0.05) is 19.0 Å². The number of nitrogens with two attached hydrogens (primary N) is 1. The number of carbonyl (C=O) groups is 1. The third kappa shape index (κ3) is 4.45. The van der Waals surface area contributed by atoms with Crippen molar-refractivity contribution in [2.75, 3.05) is 11.6 Å². The van der Waals surface area contributed by atoms with Crippen LogP contribution in [0.15, 0.2) is 34.3 Å². The van der Waals surface area contributed by atoms with Crippen LogP contribution < -0.4 is 11.1 Å². The van der Waals surface area contributed by atoms with E-state index < -0.39 is 21.7 Å². The summed E-state index contributed by atoms with van der Waals surface area (Å²) in [6.45, 7) is 3.55. The maximum absolute atomic E-state index is 12.1. The molecule has 8 heteroatoms. The Hall–Kier alpha value is -2.09. The van der Waals surface area contributed by atoms with E-state index in [1.54, 1.807) is 13.8 Å². The second-order valence-corrected chi connectivity index (χ2v) is 7.05. The molecule has 0 spiro atoms. The molecular weight excluding hydrogens is 294 g/mol. The van der Waals surface area contributed by atoms with Crippen LogP contribution in [0.2, 0.25) is 0 Å². The summed E-state index contributed by atoms with van der Waals surface area (Å²) < 4.78 is 22.7. The van der Waals surface area contributed by atoms with E-state index in [-0.39, 0.29) is 16.6 Å². The Labute approximate surface area is 123 Å². The predicted octanol–water partition coefficient (Wildman–Crippen LogP) is 1.05. The van der Waals surface area contributed by atoms with Crippen molar-refractivity contribution in [2.24, 2.45) is 22.7 Å². The molecule has 0 aliphatic heterocycles. The number of hydrogen-bond donors (Lipinski definition) is 3. The molecule has 4 N–H and O–H groups in total. The number of oxime groups is 1. The van der Waals surface area contributed by atoms with E-state index in [2.05, 4.69) is 10.5 Å². The van der Waals surface area contributed by atoms with Gasteiger partial charge in [0, 0.05) is 11.9 Å². The van der Waals surface area contributed by atoms with Crippen LogP contribution >= 0.6 is 0 Å². The molecule has 0 aromatic heterocycles. The summed E-state index contributed by atoms with van der Waals surface area (Å²) in [6, 6.07) is 5.77.